The van der Waals surface area contributed by atoms with Crippen LogP contribution in [0.25, 0.3) is 28.5 Å². The van der Waals surface area contributed by atoms with E-state index < -0.39 is 0 Å². The van der Waals surface area contributed by atoms with Crippen LogP contribution in [0.3, 0.4) is 0 Å². The number of ether oxygens (including phenoxy) is 1. The summed E-state index contributed by atoms with van der Waals surface area (Å²) in [5, 5.41) is 7.67. The fourth-order valence-corrected chi connectivity index (χ4v) is 4.43. The van der Waals surface area contributed by atoms with Crippen molar-refractivity contribution in [2.24, 2.45) is 0 Å². The molecular weight excluding hydrogens is 538 g/mol. The standard InChI is InChI=1S/C18H19N5O.C13H19ClN2O/c1-3-14-11-15-17(20-10-9-19-12(2)24)22-16(23-18(15)21-14)13-7-5-4-6-8-13;1-15-6-8-16(9-7-15)10-11-17-13-4-2-12(14)3-5-13/h3-8,11H,1,9-10H2,2H3,(H,19,24)(H2,20,21,22,23);2-5H,6-11H2,1H3. The Balaban J connectivity index is 0.000000201. The lowest BCUT2D eigenvalue weighted by atomic mass is 10.2. The molecule has 0 saturated carbocycles. The van der Waals surface area contributed by atoms with Crippen LogP contribution in [0.1, 0.15) is 12.6 Å². The first kappa shape index (κ1) is 30.0. The van der Waals surface area contributed by atoms with E-state index in [1.54, 1.807) is 6.08 Å². The zero-order valence-corrected chi connectivity index (χ0v) is 24.5. The lowest BCUT2D eigenvalue weighted by molar-refractivity contribution is -0.118. The number of H-pyrrole nitrogens is 1. The lowest BCUT2D eigenvalue weighted by Gasteiger charge is -2.32. The Labute approximate surface area is 246 Å². The van der Waals surface area contributed by atoms with E-state index in [1.807, 2.05) is 60.7 Å². The first-order valence-electron chi connectivity index (χ1n) is 13.8. The van der Waals surface area contributed by atoms with Gasteiger partial charge in [0, 0.05) is 69.0 Å². The average Bonchev–Trinajstić information content (AvgIpc) is 3.42. The predicted molar refractivity (Wildman–Crippen MR) is 167 cm³/mol. The molecule has 2 aromatic heterocycles. The number of carbonyl (C=O) groups is 1. The third-order valence-electron chi connectivity index (χ3n) is 6.64. The predicted octanol–water partition coefficient (Wildman–Crippen LogP) is 4.78. The quantitative estimate of drug-likeness (QED) is 0.234. The summed E-state index contributed by atoms with van der Waals surface area (Å²) in [7, 11) is 2.17. The summed E-state index contributed by atoms with van der Waals surface area (Å²) in [6.07, 6.45) is 1.74. The Morgan fingerprint density at radius 1 is 1.07 bits per heavy atom. The Morgan fingerprint density at radius 2 is 1.80 bits per heavy atom. The minimum atomic E-state index is -0.0507. The average molecular weight is 576 g/mol. The van der Waals surface area contributed by atoms with E-state index in [1.165, 1.54) is 6.92 Å². The summed E-state index contributed by atoms with van der Waals surface area (Å²) >= 11 is 5.81. The van der Waals surface area contributed by atoms with Gasteiger partial charge in [-0.15, -0.1) is 0 Å². The minimum Gasteiger partial charge on any atom is -0.492 e. The molecule has 10 heteroatoms. The number of nitrogens with one attached hydrogen (secondary N) is 3. The number of piperazine rings is 1. The van der Waals surface area contributed by atoms with Crippen molar-refractivity contribution in [1.82, 2.24) is 30.1 Å². The van der Waals surface area contributed by atoms with Gasteiger partial charge in [0.1, 0.15) is 23.8 Å². The number of rotatable bonds is 10. The summed E-state index contributed by atoms with van der Waals surface area (Å²) in [6.45, 7) is 12.7. The first-order valence-corrected chi connectivity index (χ1v) is 14.2. The van der Waals surface area contributed by atoms with Crippen LogP contribution < -0.4 is 15.4 Å². The number of amides is 1. The number of anilines is 1. The van der Waals surface area contributed by atoms with E-state index in [0.29, 0.717) is 18.9 Å². The fraction of sp³-hybridized carbons (Fsp3) is 0.323. The Morgan fingerprint density at radius 3 is 2.49 bits per heavy atom. The van der Waals surface area contributed by atoms with Crippen molar-refractivity contribution in [2.75, 3.05) is 64.8 Å². The molecule has 0 radical (unpaired) electrons. The van der Waals surface area contributed by atoms with Crippen molar-refractivity contribution in [3.8, 4) is 17.1 Å². The number of hydrogen-bond acceptors (Lipinski definition) is 7. The van der Waals surface area contributed by atoms with Crippen molar-refractivity contribution >= 4 is 40.4 Å². The molecule has 1 aliphatic heterocycles. The van der Waals surface area contributed by atoms with Gasteiger partial charge in [0.2, 0.25) is 5.91 Å². The van der Waals surface area contributed by atoms with Crippen LogP contribution in [0.15, 0.2) is 67.2 Å². The van der Waals surface area contributed by atoms with Crippen molar-refractivity contribution in [1.29, 1.82) is 0 Å². The molecule has 0 bridgehead atoms. The van der Waals surface area contributed by atoms with Crippen LogP contribution in [0.5, 0.6) is 5.75 Å². The number of benzene rings is 2. The largest absolute Gasteiger partial charge is 0.492 e. The normalized spacial score (nSPS) is 13.7. The van der Waals surface area contributed by atoms with Crippen LogP contribution in [0.4, 0.5) is 5.82 Å². The SMILES string of the molecule is C=Cc1cc2c(NCCNC(C)=O)nc(-c3ccccc3)nc2[nH]1.CN1CCN(CCOc2ccc(Cl)cc2)CC1. The molecule has 41 heavy (non-hydrogen) atoms. The van der Waals surface area contributed by atoms with Gasteiger partial charge < -0.3 is 25.3 Å². The molecule has 216 valence electrons. The highest BCUT2D eigenvalue weighted by Crippen LogP contribution is 2.26. The van der Waals surface area contributed by atoms with Gasteiger partial charge in [-0.25, -0.2) is 9.97 Å². The second-order valence-corrected chi connectivity index (χ2v) is 10.2. The maximum Gasteiger partial charge on any atom is 0.216 e. The van der Waals surface area contributed by atoms with E-state index in [2.05, 4.69) is 49.0 Å². The molecular formula is C31H38ClN7O2. The second-order valence-electron chi connectivity index (χ2n) is 9.81. The Kier molecular flexibility index (Phi) is 11.1. The topological polar surface area (TPSA) is 98.4 Å². The van der Waals surface area contributed by atoms with Gasteiger partial charge in [0.15, 0.2) is 5.82 Å². The van der Waals surface area contributed by atoms with Gasteiger partial charge in [-0.2, -0.15) is 0 Å². The summed E-state index contributed by atoms with van der Waals surface area (Å²) in [5.74, 6) is 2.21. The molecule has 3 heterocycles. The van der Waals surface area contributed by atoms with Gasteiger partial charge in [0.25, 0.3) is 0 Å². The number of likely N-dealkylation sites (N-methyl/N-ethyl adjacent to an activating group) is 1. The van der Waals surface area contributed by atoms with Gasteiger partial charge in [-0.05, 0) is 43.5 Å². The molecule has 4 aromatic rings. The lowest BCUT2D eigenvalue weighted by Crippen LogP contribution is -2.45. The number of halogens is 1. The molecule has 1 amide bonds. The summed E-state index contributed by atoms with van der Waals surface area (Å²) in [6, 6.07) is 19.3. The molecule has 1 aliphatic rings. The molecule has 0 aliphatic carbocycles. The van der Waals surface area contributed by atoms with Gasteiger partial charge in [-0.3, -0.25) is 9.69 Å². The highest BCUT2D eigenvalue weighted by molar-refractivity contribution is 6.30. The van der Waals surface area contributed by atoms with E-state index in [4.69, 9.17) is 16.3 Å². The van der Waals surface area contributed by atoms with Gasteiger partial charge in [0.05, 0.1) is 5.39 Å². The van der Waals surface area contributed by atoms with Crippen LogP contribution in [0.2, 0.25) is 5.02 Å². The van der Waals surface area contributed by atoms with E-state index in [9.17, 15) is 4.79 Å². The van der Waals surface area contributed by atoms with Crippen molar-refractivity contribution < 1.29 is 9.53 Å². The van der Waals surface area contributed by atoms with E-state index in [-0.39, 0.29) is 5.91 Å². The number of hydrogen-bond donors (Lipinski definition) is 3. The van der Waals surface area contributed by atoms with Crippen LogP contribution in [-0.2, 0) is 4.79 Å². The molecule has 1 fully saturated rings. The highest BCUT2D eigenvalue weighted by Gasteiger charge is 2.13. The van der Waals surface area contributed by atoms with Crippen LogP contribution in [-0.4, -0.2) is 90.1 Å². The van der Waals surface area contributed by atoms with E-state index >= 15 is 0 Å². The Hall–Kier alpha value is -3.92. The van der Waals surface area contributed by atoms with Crippen molar-refractivity contribution in [2.45, 2.75) is 6.92 Å². The molecule has 2 aromatic carbocycles. The minimum absolute atomic E-state index is 0.0507. The summed E-state index contributed by atoms with van der Waals surface area (Å²) in [5.41, 5.74) is 2.58. The highest BCUT2D eigenvalue weighted by atomic mass is 35.5. The molecule has 0 unspecified atom stereocenters. The molecule has 1 saturated heterocycles. The molecule has 5 rings (SSSR count). The maximum absolute atomic E-state index is 11.0. The molecule has 0 spiro atoms. The Bertz CT molecular complexity index is 1400. The van der Waals surface area contributed by atoms with Crippen molar-refractivity contribution in [3.05, 3.63) is 78.0 Å². The monoisotopic (exact) mass is 575 g/mol. The molecule has 9 nitrogen and oxygen atoms in total. The van der Waals surface area contributed by atoms with Gasteiger partial charge >= 0.3 is 0 Å². The maximum atomic E-state index is 11.0. The number of aromatic nitrogens is 3. The summed E-state index contributed by atoms with van der Waals surface area (Å²) in [4.78, 5) is 28.2. The first-order chi connectivity index (χ1) is 19.9. The third kappa shape index (κ3) is 9.31. The zero-order valence-electron chi connectivity index (χ0n) is 23.7. The molecule has 3 N–H and O–H groups in total. The van der Waals surface area contributed by atoms with Crippen molar-refractivity contribution in [3.63, 3.8) is 0 Å². The second kappa shape index (κ2) is 15.2. The van der Waals surface area contributed by atoms with Gasteiger partial charge in [-0.1, -0.05) is 48.5 Å². The number of aromatic amines is 1. The number of fused-ring (bicyclic) bond motifs is 1. The van der Waals surface area contributed by atoms with Crippen LogP contribution >= 0.6 is 11.6 Å². The third-order valence-corrected chi connectivity index (χ3v) is 6.89. The summed E-state index contributed by atoms with van der Waals surface area (Å²) < 4.78 is 5.68. The van der Waals surface area contributed by atoms with Crippen LogP contribution in [0, 0.1) is 0 Å². The number of carbonyl (C=O) groups excluding carboxylic acids is 1. The van der Waals surface area contributed by atoms with E-state index in [0.717, 1.165) is 78.2 Å². The zero-order chi connectivity index (χ0) is 29.0. The smallest absolute Gasteiger partial charge is 0.216 e. The fourth-order valence-electron chi connectivity index (χ4n) is 4.31. The number of nitrogens with zero attached hydrogens (tertiary/aromatic N) is 4. The molecule has 0 atom stereocenters.